The van der Waals surface area contributed by atoms with E-state index in [1.165, 1.54) is 0 Å². The van der Waals surface area contributed by atoms with E-state index in [0.717, 1.165) is 22.3 Å². The summed E-state index contributed by atoms with van der Waals surface area (Å²) in [5, 5.41) is 23.4. The summed E-state index contributed by atoms with van der Waals surface area (Å²) in [5.41, 5.74) is 4.52. The second-order valence-corrected chi connectivity index (χ2v) is 7.83. The fourth-order valence-electron chi connectivity index (χ4n) is 3.91. The Hall–Kier alpha value is -3.39. The maximum atomic E-state index is 12.4. The number of alkyl carbamates (subject to hydrolysis) is 1. The summed E-state index contributed by atoms with van der Waals surface area (Å²) >= 11 is 0. The molecule has 8 nitrogen and oxygen atoms in total. The fourth-order valence-corrected chi connectivity index (χ4v) is 3.91. The Morgan fingerprint density at radius 2 is 1.59 bits per heavy atom. The molecule has 0 saturated heterocycles. The van der Waals surface area contributed by atoms with Crippen molar-refractivity contribution in [3.63, 3.8) is 0 Å². The number of nitrogens with one attached hydrogen (secondary N) is 2. The van der Waals surface area contributed by atoms with Gasteiger partial charge in [-0.05, 0) is 28.7 Å². The van der Waals surface area contributed by atoms with Crippen molar-refractivity contribution in [2.45, 2.75) is 44.2 Å². The Morgan fingerprint density at radius 1 is 1.00 bits per heavy atom. The van der Waals surface area contributed by atoms with Crippen LogP contribution < -0.4 is 10.6 Å². The molecule has 2 amide bonds. The van der Waals surface area contributed by atoms with Gasteiger partial charge in [0.15, 0.2) is 0 Å². The molecule has 0 aliphatic heterocycles. The Balaban J connectivity index is 1.51. The van der Waals surface area contributed by atoms with Crippen molar-refractivity contribution in [1.82, 2.24) is 10.6 Å². The Kier molecular flexibility index (Phi) is 7.83. The fraction of sp³-hybridized carbons (Fsp3) is 0.375. The van der Waals surface area contributed by atoms with Crippen molar-refractivity contribution in [2.24, 2.45) is 0 Å². The van der Waals surface area contributed by atoms with E-state index in [1.807, 2.05) is 43.3 Å². The predicted octanol–water partition coefficient (Wildman–Crippen LogP) is 2.65. The van der Waals surface area contributed by atoms with E-state index < -0.39 is 30.6 Å². The first-order valence-corrected chi connectivity index (χ1v) is 10.7. The van der Waals surface area contributed by atoms with Gasteiger partial charge in [-0.25, -0.2) is 4.79 Å². The van der Waals surface area contributed by atoms with Crippen LogP contribution in [0.1, 0.15) is 43.2 Å². The van der Waals surface area contributed by atoms with Gasteiger partial charge in [0.25, 0.3) is 0 Å². The topological polar surface area (TPSA) is 125 Å². The third kappa shape index (κ3) is 5.85. The molecule has 1 aliphatic carbocycles. The number of hydrogen-bond acceptors (Lipinski definition) is 5. The van der Waals surface area contributed by atoms with E-state index in [-0.39, 0.29) is 31.4 Å². The zero-order valence-corrected chi connectivity index (χ0v) is 17.9. The first-order chi connectivity index (χ1) is 15.4. The van der Waals surface area contributed by atoms with Crippen LogP contribution >= 0.6 is 0 Å². The predicted molar refractivity (Wildman–Crippen MR) is 118 cm³/mol. The summed E-state index contributed by atoms with van der Waals surface area (Å²) in [6.07, 6.45) is -1.70. The zero-order valence-electron chi connectivity index (χ0n) is 17.9. The average molecular weight is 440 g/mol. The normalized spacial score (nSPS) is 14.1. The van der Waals surface area contributed by atoms with Gasteiger partial charge in [0.1, 0.15) is 6.61 Å². The minimum Gasteiger partial charge on any atom is -0.481 e. The summed E-state index contributed by atoms with van der Waals surface area (Å²) in [4.78, 5) is 35.0. The average Bonchev–Trinajstić information content (AvgIpc) is 3.09. The molecule has 0 bridgehead atoms. The van der Waals surface area contributed by atoms with Gasteiger partial charge in [0.05, 0.1) is 12.5 Å². The second kappa shape index (κ2) is 10.8. The molecule has 0 radical (unpaired) electrons. The number of fused-ring (bicyclic) bond motifs is 3. The number of carboxylic acids is 1. The van der Waals surface area contributed by atoms with Gasteiger partial charge in [-0.15, -0.1) is 0 Å². The lowest BCUT2D eigenvalue weighted by Gasteiger charge is -2.19. The van der Waals surface area contributed by atoms with E-state index >= 15 is 0 Å². The molecular formula is C24H28N2O6. The van der Waals surface area contributed by atoms with E-state index in [9.17, 15) is 19.5 Å². The summed E-state index contributed by atoms with van der Waals surface area (Å²) in [6.45, 7) is 1.86. The maximum absolute atomic E-state index is 12.4. The first kappa shape index (κ1) is 23.3. The standard InChI is InChI=1S/C24H28N2O6/c1-2-15(11-22(28)25-13-16(27)12-23(29)30)26-24(31)32-14-21-19-9-5-3-7-17(19)18-8-4-6-10-20(18)21/h3-10,15-16,21,27H,2,11-14H2,1H3,(H,25,28)(H,26,31)(H,29,30)/t15-,16?/m0/s1. The minimum atomic E-state index is -1.16. The van der Waals surface area contributed by atoms with Gasteiger partial charge in [-0.3, -0.25) is 9.59 Å². The number of carbonyl (C=O) groups is 3. The highest BCUT2D eigenvalue weighted by Crippen LogP contribution is 2.44. The number of aliphatic carboxylic acids is 1. The molecule has 0 saturated carbocycles. The van der Waals surface area contributed by atoms with Gasteiger partial charge in [-0.1, -0.05) is 55.5 Å². The summed E-state index contributed by atoms with van der Waals surface area (Å²) in [7, 11) is 0. The van der Waals surface area contributed by atoms with E-state index in [0.29, 0.717) is 6.42 Å². The molecule has 4 N–H and O–H groups in total. The van der Waals surface area contributed by atoms with E-state index in [4.69, 9.17) is 9.84 Å². The van der Waals surface area contributed by atoms with Crippen molar-refractivity contribution in [3.8, 4) is 11.1 Å². The van der Waals surface area contributed by atoms with Crippen LogP contribution in [-0.2, 0) is 14.3 Å². The minimum absolute atomic E-state index is 0.000483. The highest BCUT2D eigenvalue weighted by molar-refractivity contribution is 5.79. The molecule has 0 aromatic heterocycles. The van der Waals surface area contributed by atoms with Crippen molar-refractivity contribution in [1.29, 1.82) is 0 Å². The van der Waals surface area contributed by atoms with Crippen LogP contribution in [0.4, 0.5) is 4.79 Å². The van der Waals surface area contributed by atoms with Crippen LogP contribution in [0.5, 0.6) is 0 Å². The van der Waals surface area contributed by atoms with E-state index in [1.54, 1.807) is 0 Å². The number of aliphatic hydroxyl groups is 1. The van der Waals surface area contributed by atoms with Crippen molar-refractivity contribution >= 4 is 18.0 Å². The number of carbonyl (C=O) groups excluding carboxylic acids is 2. The van der Waals surface area contributed by atoms with Crippen molar-refractivity contribution < 1.29 is 29.3 Å². The van der Waals surface area contributed by atoms with Crippen LogP contribution in [0.15, 0.2) is 48.5 Å². The first-order valence-electron chi connectivity index (χ1n) is 10.7. The number of rotatable bonds is 10. The van der Waals surface area contributed by atoms with Gasteiger partial charge < -0.3 is 25.6 Å². The summed E-state index contributed by atoms with van der Waals surface area (Å²) in [6, 6.07) is 15.7. The monoisotopic (exact) mass is 440 g/mol. The largest absolute Gasteiger partial charge is 0.481 e. The Labute approximate surface area is 186 Å². The molecule has 32 heavy (non-hydrogen) atoms. The molecule has 170 valence electrons. The number of carboxylic acid groups (broad SMARTS) is 1. The highest BCUT2D eigenvalue weighted by Gasteiger charge is 2.29. The maximum Gasteiger partial charge on any atom is 0.407 e. The number of aliphatic hydroxyl groups excluding tert-OH is 1. The summed E-state index contributed by atoms with van der Waals surface area (Å²) in [5.74, 6) is -1.58. The molecule has 0 fully saturated rings. The van der Waals surface area contributed by atoms with Crippen LogP contribution in [0.2, 0.25) is 0 Å². The van der Waals surface area contributed by atoms with Crippen LogP contribution in [-0.4, -0.2) is 53.5 Å². The lowest BCUT2D eigenvalue weighted by molar-refractivity contribution is -0.139. The molecule has 1 unspecified atom stereocenters. The summed E-state index contributed by atoms with van der Waals surface area (Å²) < 4.78 is 5.51. The van der Waals surface area contributed by atoms with Gasteiger partial charge in [0.2, 0.25) is 5.91 Å². The quantitative estimate of drug-likeness (QED) is 0.450. The van der Waals surface area contributed by atoms with Gasteiger partial charge in [0, 0.05) is 24.9 Å². The number of hydrogen-bond donors (Lipinski definition) is 4. The number of ether oxygens (including phenoxy) is 1. The van der Waals surface area contributed by atoms with Gasteiger partial charge >= 0.3 is 12.1 Å². The third-order valence-electron chi connectivity index (χ3n) is 5.54. The molecule has 2 atom stereocenters. The van der Waals surface area contributed by atoms with Crippen LogP contribution in [0, 0.1) is 0 Å². The smallest absolute Gasteiger partial charge is 0.407 e. The molecule has 3 rings (SSSR count). The Bertz CT molecular complexity index is 931. The molecule has 0 heterocycles. The SMILES string of the molecule is CC[C@@H](CC(=O)NCC(O)CC(=O)O)NC(=O)OCC1c2ccccc2-c2ccccc21. The molecule has 2 aromatic rings. The Morgan fingerprint density at radius 3 is 2.16 bits per heavy atom. The zero-order chi connectivity index (χ0) is 23.1. The highest BCUT2D eigenvalue weighted by atomic mass is 16.5. The molecule has 0 spiro atoms. The lowest BCUT2D eigenvalue weighted by atomic mass is 9.98. The molecule has 8 heteroatoms. The molecule has 2 aromatic carbocycles. The van der Waals surface area contributed by atoms with Crippen LogP contribution in [0.25, 0.3) is 11.1 Å². The molecule has 1 aliphatic rings. The number of benzene rings is 2. The molecular weight excluding hydrogens is 412 g/mol. The third-order valence-corrected chi connectivity index (χ3v) is 5.54. The lowest BCUT2D eigenvalue weighted by Crippen LogP contribution is -2.41. The van der Waals surface area contributed by atoms with Crippen molar-refractivity contribution in [3.05, 3.63) is 59.7 Å². The van der Waals surface area contributed by atoms with Gasteiger partial charge in [-0.2, -0.15) is 0 Å². The van der Waals surface area contributed by atoms with Crippen LogP contribution in [0.3, 0.4) is 0 Å². The second-order valence-electron chi connectivity index (χ2n) is 7.83. The number of amides is 2. The van der Waals surface area contributed by atoms with Crippen molar-refractivity contribution in [2.75, 3.05) is 13.2 Å². The van der Waals surface area contributed by atoms with E-state index in [2.05, 4.69) is 22.8 Å².